The summed E-state index contributed by atoms with van der Waals surface area (Å²) >= 11 is 1.90. The molecule has 2 heteroatoms. The summed E-state index contributed by atoms with van der Waals surface area (Å²) in [5, 5.41) is 5.19. The topological polar surface area (TPSA) is 3.24 Å². The number of benzene rings is 10. The summed E-state index contributed by atoms with van der Waals surface area (Å²) in [6.07, 6.45) is 0. The predicted molar refractivity (Wildman–Crippen MR) is 283 cm³/mol. The second-order valence-corrected chi connectivity index (χ2v) is 20.2. The Morgan fingerprint density at radius 3 is 1.71 bits per heavy atom. The van der Waals surface area contributed by atoms with Crippen LogP contribution in [0.25, 0.3) is 86.6 Å². The van der Waals surface area contributed by atoms with Crippen molar-refractivity contribution in [3.8, 4) is 55.6 Å². The quantitative estimate of drug-likeness (QED) is 0.161. The summed E-state index contributed by atoms with van der Waals surface area (Å²) in [6, 6.07) is 79.5. The van der Waals surface area contributed by atoms with E-state index >= 15 is 0 Å². The number of anilines is 3. The van der Waals surface area contributed by atoms with Crippen molar-refractivity contribution in [2.75, 3.05) is 4.90 Å². The van der Waals surface area contributed by atoms with Gasteiger partial charge in [-0.2, -0.15) is 0 Å². The van der Waals surface area contributed by atoms with E-state index in [1.165, 1.54) is 109 Å². The maximum Gasteiger partial charge on any atom is 0.0540 e. The number of rotatable bonds is 6. The molecule has 0 unspecified atom stereocenters. The van der Waals surface area contributed by atoms with Crippen molar-refractivity contribution < 1.29 is 0 Å². The lowest BCUT2D eigenvalue weighted by Gasteiger charge is -2.30. The van der Waals surface area contributed by atoms with Crippen molar-refractivity contribution in [3.05, 3.63) is 235 Å². The van der Waals surface area contributed by atoms with Crippen LogP contribution in [0.4, 0.5) is 17.1 Å². The van der Waals surface area contributed by atoms with Crippen molar-refractivity contribution in [2.24, 2.45) is 0 Å². The third kappa shape index (κ3) is 5.65. The molecule has 0 atom stereocenters. The average Bonchev–Trinajstić information content (AvgIpc) is 3.95. The van der Waals surface area contributed by atoms with Crippen LogP contribution in [0.5, 0.6) is 0 Å². The van der Waals surface area contributed by atoms with E-state index in [4.69, 9.17) is 0 Å². The highest BCUT2D eigenvalue weighted by Gasteiger charge is 2.38. The molecule has 2 aliphatic rings. The fourth-order valence-electron chi connectivity index (χ4n) is 11.7. The third-order valence-corrected chi connectivity index (χ3v) is 16.1. The SMILES string of the molecule is CC1(C)c2ccccc2-c2ccc(-c3ccccc3N(c3ccc(-c4cccc5c4C(C)(C)c4ccccc4-5)cc3)c3ccccc3-c3cccc4sc5c6ccccc6ccc5c34)cc21. The summed E-state index contributed by atoms with van der Waals surface area (Å²) in [5.74, 6) is 0. The molecule has 10 aromatic carbocycles. The first-order valence-corrected chi connectivity index (χ1v) is 24.0. The van der Waals surface area contributed by atoms with Gasteiger partial charge in [0.05, 0.1) is 11.4 Å². The van der Waals surface area contributed by atoms with E-state index in [1.54, 1.807) is 0 Å². The molecule has 1 heterocycles. The van der Waals surface area contributed by atoms with Gasteiger partial charge in [-0.1, -0.05) is 204 Å². The smallest absolute Gasteiger partial charge is 0.0540 e. The standard InChI is InChI=1S/C64H47NS/c1-63(2)54-26-11-7-20-47(54)49-37-34-42(39-56(49)63)44-18-9-13-28-57(44)65(43-35-31-41(32-36-43)45-23-15-25-52-48-21-8-12-27-55(48)64(3,4)61(45)52)58-29-14-10-22-50(58)51-24-16-30-59-60(51)53-38-33-40-17-5-6-19-46(40)62(53)66-59/h5-39H,1-4H3. The summed E-state index contributed by atoms with van der Waals surface area (Å²) in [5.41, 5.74) is 21.4. The minimum Gasteiger partial charge on any atom is -0.309 e. The van der Waals surface area contributed by atoms with E-state index in [2.05, 4.69) is 245 Å². The van der Waals surface area contributed by atoms with Crippen molar-refractivity contribution in [1.82, 2.24) is 0 Å². The lowest BCUT2D eigenvalue weighted by molar-refractivity contribution is 0.660. The second kappa shape index (κ2) is 14.5. The molecule has 0 fully saturated rings. The Balaban J connectivity index is 1.02. The van der Waals surface area contributed by atoms with Crippen LogP contribution in [-0.4, -0.2) is 0 Å². The summed E-state index contributed by atoms with van der Waals surface area (Å²) in [7, 11) is 0. The Kier molecular flexibility index (Phi) is 8.54. The van der Waals surface area contributed by atoms with E-state index in [1.807, 2.05) is 11.3 Å². The van der Waals surface area contributed by atoms with Crippen molar-refractivity contribution >= 4 is 59.3 Å². The molecule has 1 nitrogen and oxygen atoms in total. The van der Waals surface area contributed by atoms with Gasteiger partial charge in [-0.15, -0.1) is 11.3 Å². The zero-order valence-corrected chi connectivity index (χ0v) is 38.4. The van der Waals surface area contributed by atoms with E-state index < -0.39 is 0 Å². The van der Waals surface area contributed by atoms with Crippen LogP contribution >= 0.6 is 11.3 Å². The van der Waals surface area contributed by atoms with Crippen LogP contribution in [0.2, 0.25) is 0 Å². The fraction of sp³-hybridized carbons (Fsp3) is 0.0938. The van der Waals surface area contributed by atoms with Crippen molar-refractivity contribution in [2.45, 2.75) is 38.5 Å². The molecular formula is C64H47NS. The highest BCUT2D eigenvalue weighted by Crippen LogP contribution is 2.54. The van der Waals surface area contributed by atoms with E-state index in [0.717, 1.165) is 17.1 Å². The number of thiophene rings is 1. The third-order valence-electron chi connectivity index (χ3n) is 14.9. The molecule has 1 aromatic heterocycles. The molecule has 11 aromatic rings. The summed E-state index contributed by atoms with van der Waals surface area (Å²) < 4.78 is 2.64. The number of hydrogen-bond acceptors (Lipinski definition) is 2. The van der Waals surface area contributed by atoms with Gasteiger partial charge in [0.1, 0.15) is 0 Å². The van der Waals surface area contributed by atoms with E-state index in [-0.39, 0.29) is 10.8 Å². The van der Waals surface area contributed by atoms with Gasteiger partial charge in [-0.05, 0) is 114 Å². The van der Waals surface area contributed by atoms with Gasteiger partial charge >= 0.3 is 0 Å². The number of para-hydroxylation sites is 2. The molecule has 0 saturated carbocycles. The zero-order chi connectivity index (χ0) is 44.3. The van der Waals surface area contributed by atoms with Gasteiger partial charge in [0, 0.05) is 47.8 Å². The summed E-state index contributed by atoms with van der Waals surface area (Å²) in [4.78, 5) is 2.51. The van der Waals surface area contributed by atoms with Crippen molar-refractivity contribution in [1.29, 1.82) is 0 Å². The Labute approximate surface area is 390 Å². The molecule has 13 rings (SSSR count). The molecule has 314 valence electrons. The van der Waals surface area contributed by atoms with Crippen LogP contribution in [0.3, 0.4) is 0 Å². The van der Waals surface area contributed by atoms with Gasteiger partial charge < -0.3 is 4.90 Å². The largest absolute Gasteiger partial charge is 0.309 e. The number of nitrogens with zero attached hydrogens (tertiary/aromatic N) is 1. The lowest BCUT2D eigenvalue weighted by atomic mass is 9.79. The van der Waals surface area contributed by atoms with Gasteiger partial charge in [-0.3, -0.25) is 0 Å². The minimum absolute atomic E-state index is 0.111. The van der Waals surface area contributed by atoms with Gasteiger partial charge in [0.15, 0.2) is 0 Å². The van der Waals surface area contributed by atoms with Crippen LogP contribution in [0, 0.1) is 0 Å². The first kappa shape index (κ1) is 38.9. The molecule has 0 bridgehead atoms. The Morgan fingerprint density at radius 2 is 0.924 bits per heavy atom. The van der Waals surface area contributed by atoms with E-state index in [9.17, 15) is 0 Å². The zero-order valence-electron chi connectivity index (χ0n) is 37.6. The van der Waals surface area contributed by atoms with Crippen LogP contribution < -0.4 is 4.90 Å². The van der Waals surface area contributed by atoms with Crippen LogP contribution in [0.15, 0.2) is 212 Å². The predicted octanol–water partition coefficient (Wildman–Crippen LogP) is 18.3. The molecule has 0 spiro atoms. The molecule has 0 saturated heterocycles. The molecule has 0 radical (unpaired) electrons. The molecule has 0 aliphatic heterocycles. The highest BCUT2D eigenvalue weighted by atomic mass is 32.1. The number of fused-ring (bicyclic) bond motifs is 11. The first-order valence-electron chi connectivity index (χ1n) is 23.2. The maximum atomic E-state index is 2.51. The van der Waals surface area contributed by atoms with E-state index in [0.29, 0.717) is 0 Å². The normalized spacial score (nSPS) is 14.0. The fourth-order valence-corrected chi connectivity index (χ4v) is 13.0. The first-order chi connectivity index (χ1) is 32.3. The van der Waals surface area contributed by atoms with Gasteiger partial charge in [0.25, 0.3) is 0 Å². The molecule has 2 aliphatic carbocycles. The van der Waals surface area contributed by atoms with Crippen LogP contribution in [0.1, 0.15) is 49.9 Å². The molecule has 0 N–H and O–H groups in total. The number of hydrogen-bond donors (Lipinski definition) is 0. The molecule has 0 amide bonds. The Morgan fingerprint density at radius 1 is 0.364 bits per heavy atom. The second-order valence-electron chi connectivity index (χ2n) is 19.2. The Bertz CT molecular complexity index is 3770. The van der Waals surface area contributed by atoms with Crippen LogP contribution in [-0.2, 0) is 10.8 Å². The Hall–Kier alpha value is -7.52. The van der Waals surface area contributed by atoms with Gasteiger partial charge in [-0.25, -0.2) is 0 Å². The van der Waals surface area contributed by atoms with Crippen molar-refractivity contribution in [3.63, 3.8) is 0 Å². The minimum atomic E-state index is -0.115. The van der Waals surface area contributed by atoms with Gasteiger partial charge in [0.2, 0.25) is 0 Å². The maximum absolute atomic E-state index is 2.51. The highest BCUT2D eigenvalue weighted by molar-refractivity contribution is 7.26. The molecular weight excluding hydrogens is 815 g/mol. The lowest BCUT2D eigenvalue weighted by Crippen LogP contribution is -2.16. The molecule has 66 heavy (non-hydrogen) atoms. The summed E-state index contributed by atoms with van der Waals surface area (Å²) in [6.45, 7) is 9.50. The monoisotopic (exact) mass is 861 g/mol. The average molecular weight is 862 g/mol.